The van der Waals surface area contributed by atoms with Gasteiger partial charge in [-0.25, -0.2) is 0 Å². The quantitative estimate of drug-likeness (QED) is 0.520. The third kappa shape index (κ3) is 5.61. The van der Waals surface area contributed by atoms with Crippen LogP contribution in [0.2, 0.25) is 0 Å². The van der Waals surface area contributed by atoms with Crippen molar-refractivity contribution in [3.63, 3.8) is 0 Å². The molecule has 0 heteroatoms. The van der Waals surface area contributed by atoms with E-state index in [-0.39, 0.29) is 0 Å². The lowest BCUT2D eigenvalue weighted by atomic mass is 10.1. The van der Waals surface area contributed by atoms with E-state index >= 15 is 0 Å². The number of allylic oxidation sites excluding steroid dienone is 3. The minimum absolute atomic E-state index is 1.14. The van der Waals surface area contributed by atoms with Crippen molar-refractivity contribution in [2.75, 3.05) is 0 Å². The number of hydrogen-bond donors (Lipinski definition) is 0. The van der Waals surface area contributed by atoms with Gasteiger partial charge in [0, 0.05) is 0 Å². The predicted molar refractivity (Wildman–Crippen MR) is 48.1 cm³/mol. The Morgan fingerprint density at radius 3 is 2.40 bits per heavy atom. The monoisotopic (exact) mass is 138 g/mol. The van der Waals surface area contributed by atoms with Crippen LogP contribution in [-0.2, 0) is 0 Å². The smallest absolute Gasteiger partial charge is 0.0291 e. The molecule has 0 unspecified atom stereocenters. The Balaban J connectivity index is 3.43. The summed E-state index contributed by atoms with van der Waals surface area (Å²) in [4.78, 5) is 0. The zero-order valence-corrected chi connectivity index (χ0v) is 7.41. The van der Waals surface area contributed by atoms with Gasteiger partial charge < -0.3 is 0 Å². The highest BCUT2D eigenvalue weighted by atomic mass is 13.9. The molecule has 58 valence electrons. The van der Waals surface area contributed by atoms with Crippen LogP contribution in [0.4, 0.5) is 0 Å². The molecule has 10 heavy (non-hydrogen) atoms. The lowest BCUT2D eigenvalue weighted by Gasteiger charge is -1.95. The molecule has 0 aromatic heterocycles. The van der Waals surface area contributed by atoms with Crippen LogP contribution in [0.15, 0.2) is 23.8 Å². The third-order valence-corrected chi connectivity index (χ3v) is 1.62. The summed E-state index contributed by atoms with van der Waals surface area (Å²) in [7, 11) is 0. The maximum absolute atomic E-state index is 3.85. The van der Waals surface area contributed by atoms with Gasteiger partial charge in [-0.15, -0.1) is 6.58 Å². The average Bonchev–Trinajstić information content (AvgIpc) is 1.87. The summed E-state index contributed by atoms with van der Waals surface area (Å²) < 4.78 is 0. The highest BCUT2D eigenvalue weighted by molar-refractivity contribution is 4.99. The maximum atomic E-state index is 3.85. The molecule has 0 spiro atoms. The van der Waals surface area contributed by atoms with Crippen LogP contribution in [0.3, 0.4) is 0 Å². The topological polar surface area (TPSA) is 0 Å². The molecule has 0 aliphatic heterocycles. The molecule has 0 aromatic carbocycles. The Hall–Kier alpha value is -0.520. The Bertz CT molecular complexity index is 129. The highest BCUT2D eigenvalue weighted by Crippen LogP contribution is 2.05. The summed E-state index contributed by atoms with van der Waals surface area (Å²) in [6, 6.07) is 0. The van der Waals surface area contributed by atoms with Gasteiger partial charge in [-0.1, -0.05) is 24.1 Å². The highest BCUT2D eigenvalue weighted by Gasteiger charge is 1.85. The lowest BCUT2D eigenvalue weighted by Crippen LogP contribution is -1.75. The van der Waals surface area contributed by atoms with Crippen LogP contribution < -0.4 is 0 Å². The fraction of sp³-hybridized carbons (Fsp3) is 0.600. The van der Waals surface area contributed by atoms with Gasteiger partial charge in [0.1, 0.15) is 0 Å². The third-order valence-electron chi connectivity index (χ3n) is 1.62. The summed E-state index contributed by atoms with van der Waals surface area (Å²) in [5.74, 6) is 0. The molecule has 0 rings (SSSR count). The van der Waals surface area contributed by atoms with Gasteiger partial charge in [0.15, 0.2) is 0 Å². The van der Waals surface area contributed by atoms with Gasteiger partial charge >= 0.3 is 0 Å². The van der Waals surface area contributed by atoms with E-state index in [1.54, 1.807) is 0 Å². The van der Waals surface area contributed by atoms with Gasteiger partial charge in [0.25, 0.3) is 0 Å². The predicted octanol–water partition coefficient (Wildman–Crippen LogP) is 3.70. The maximum Gasteiger partial charge on any atom is -0.0291 e. The van der Waals surface area contributed by atoms with E-state index in [4.69, 9.17) is 0 Å². The molecule has 0 saturated carbocycles. The number of hydrogen-bond acceptors (Lipinski definition) is 0. The first-order valence-corrected chi connectivity index (χ1v) is 3.96. The van der Waals surface area contributed by atoms with Gasteiger partial charge in [-0.05, 0) is 33.1 Å². The van der Waals surface area contributed by atoms with Crippen LogP contribution in [0.1, 0.15) is 40.0 Å². The fourth-order valence-electron chi connectivity index (χ4n) is 0.709. The van der Waals surface area contributed by atoms with Gasteiger partial charge in [-0.2, -0.15) is 0 Å². The van der Waals surface area contributed by atoms with Gasteiger partial charge in [0.05, 0.1) is 0 Å². The molecule has 0 aliphatic rings. The van der Waals surface area contributed by atoms with Crippen molar-refractivity contribution >= 4 is 0 Å². The van der Waals surface area contributed by atoms with E-state index in [2.05, 4.69) is 33.4 Å². The van der Waals surface area contributed by atoms with Gasteiger partial charge in [-0.3, -0.25) is 0 Å². The molecule has 0 fully saturated rings. The Labute approximate surface area is 64.6 Å². The van der Waals surface area contributed by atoms with Crippen molar-refractivity contribution in [2.24, 2.45) is 0 Å². The normalized spacial score (nSPS) is 11.7. The Kier molecular flexibility index (Phi) is 5.00. The lowest BCUT2D eigenvalue weighted by molar-refractivity contribution is 0.955. The van der Waals surface area contributed by atoms with Crippen molar-refractivity contribution in [3.8, 4) is 0 Å². The Morgan fingerprint density at radius 2 is 2.00 bits per heavy atom. The molecule has 0 aliphatic carbocycles. The van der Waals surface area contributed by atoms with E-state index < -0.39 is 0 Å². The number of rotatable bonds is 4. The second kappa shape index (κ2) is 5.28. The zero-order valence-electron chi connectivity index (χ0n) is 7.41. The van der Waals surface area contributed by atoms with E-state index in [9.17, 15) is 0 Å². The minimum atomic E-state index is 1.14. The molecule has 0 atom stereocenters. The molecular weight excluding hydrogens is 120 g/mol. The van der Waals surface area contributed by atoms with Crippen molar-refractivity contribution in [1.29, 1.82) is 0 Å². The van der Waals surface area contributed by atoms with E-state index in [1.165, 1.54) is 17.6 Å². The first-order chi connectivity index (χ1) is 4.66. The van der Waals surface area contributed by atoms with Crippen LogP contribution in [-0.4, -0.2) is 0 Å². The van der Waals surface area contributed by atoms with Crippen LogP contribution in [0, 0.1) is 0 Å². The molecule has 0 N–H and O–H groups in total. The van der Waals surface area contributed by atoms with Crippen molar-refractivity contribution in [2.45, 2.75) is 40.0 Å². The summed E-state index contributed by atoms with van der Waals surface area (Å²) in [5.41, 5.74) is 2.77. The largest absolute Gasteiger partial charge is 0.100 e. The summed E-state index contributed by atoms with van der Waals surface area (Å²) in [6.07, 6.45) is 5.78. The molecule has 0 aromatic rings. The summed E-state index contributed by atoms with van der Waals surface area (Å²) >= 11 is 0. The zero-order chi connectivity index (χ0) is 7.98. The molecule has 0 amide bonds. The second-order valence-electron chi connectivity index (χ2n) is 2.90. The van der Waals surface area contributed by atoms with Crippen LogP contribution in [0.25, 0.3) is 0 Å². The molecule has 0 nitrogen and oxygen atoms in total. The first kappa shape index (κ1) is 9.48. The molecular formula is C10H18. The standard InChI is InChI=1S/C10H18/c1-5-10(4)8-6-7-9(2)3/h8H,2,5-7H2,1,3-4H3/b10-8+. The SMILES string of the molecule is C=C(C)CC/C=C(\C)CC. The first-order valence-electron chi connectivity index (χ1n) is 3.96. The van der Waals surface area contributed by atoms with Crippen molar-refractivity contribution in [1.82, 2.24) is 0 Å². The second-order valence-corrected chi connectivity index (χ2v) is 2.90. The van der Waals surface area contributed by atoms with Crippen molar-refractivity contribution in [3.05, 3.63) is 23.8 Å². The van der Waals surface area contributed by atoms with Crippen molar-refractivity contribution < 1.29 is 0 Å². The fourth-order valence-corrected chi connectivity index (χ4v) is 0.709. The van der Waals surface area contributed by atoms with Gasteiger partial charge in [0.2, 0.25) is 0 Å². The van der Waals surface area contributed by atoms with E-state index in [0.717, 1.165) is 12.8 Å². The van der Waals surface area contributed by atoms with Crippen LogP contribution >= 0.6 is 0 Å². The minimum Gasteiger partial charge on any atom is -0.100 e. The molecule has 0 radical (unpaired) electrons. The average molecular weight is 138 g/mol. The van der Waals surface area contributed by atoms with E-state index in [0.29, 0.717) is 0 Å². The Morgan fingerprint density at radius 1 is 1.40 bits per heavy atom. The molecule has 0 bridgehead atoms. The van der Waals surface area contributed by atoms with E-state index in [1.807, 2.05) is 0 Å². The van der Waals surface area contributed by atoms with Crippen LogP contribution in [0.5, 0.6) is 0 Å². The molecule has 0 heterocycles. The molecule has 0 saturated heterocycles. The summed E-state index contributed by atoms with van der Waals surface area (Å²) in [5, 5.41) is 0. The summed E-state index contributed by atoms with van der Waals surface area (Å²) in [6.45, 7) is 10.3.